The second-order valence-electron chi connectivity index (χ2n) is 11.3. The fraction of sp³-hybridized carbons (Fsp3) is 0.679. The zero-order valence-corrected chi connectivity index (χ0v) is 20.7. The van der Waals surface area contributed by atoms with Crippen LogP contribution >= 0.6 is 0 Å². The van der Waals surface area contributed by atoms with Gasteiger partial charge in [0.25, 0.3) is 0 Å². The zero-order valence-electron chi connectivity index (χ0n) is 20.7. The highest BCUT2D eigenvalue weighted by Crippen LogP contribution is 2.54. The Balaban J connectivity index is 1.15. The van der Waals surface area contributed by atoms with Crippen molar-refractivity contribution in [3.05, 3.63) is 35.4 Å². The second kappa shape index (κ2) is 10.7. The molecule has 0 spiro atoms. The minimum atomic E-state index is -4.31. The predicted molar refractivity (Wildman–Crippen MR) is 124 cm³/mol. The van der Waals surface area contributed by atoms with E-state index < -0.39 is 35.9 Å². The smallest absolute Gasteiger partial charge is 0.340 e. The summed E-state index contributed by atoms with van der Waals surface area (Å²) in [4.78, 5) is 36.2. The number of carbonyl (C=O) groups is 3. The molecule has 0 aromatic heterocycles. The van der Waals surface area contributed by atoms with Crippen LogP contribution < -0.4 is 5.11 Å². The van der Waals surface area contributed by atoms with E-state index in [0.29, 0.717) is 37.5 Å². The number of hydrogen-bond acceptors (Lipinski definition) is 7. The van der Waals surface area contributed by atoms with Gasteiger partial charge in [-0.05, 0) is 92.9 Å². The third-order valence-corrected chi connectivity index (χ3v) is 8.89. The molecule has 0 amide bonds. The van der Waals surface area contributed by atoms with Crippen molar-refractivity contribution in [1.29, 1.82) is 0 Å². The number of alkyl halides is 2. The highest BCUT2D eigenvalue weighted by molar-refractivity contribution is 5.93. The molecule has 5 saturated carbocycles. The molecular weight excluding hydrogens is 486 g/mol. The molecule has 5 aliphatic rings. The molecule has 0 N–H and O–H groups in total. The molecule has 0 heterocycles. The van der Waals surface area contributed by atoms with Crippen molar-refractivity contribution in [2.24, 2.45) is 29.6 Å². The van der Waals surface area contributed by atoms with Crippen molar-refractivity contribution in [3.63, 3.8) is 0 Å². The van der Waals surface area contributed by atoms with Gasteiger partial charge in [-0.3, -0.25) is 0 Å². The number of hydrogen-bond donors (Lipinski definition) is 0. The summed E-state index contributed by atoms with van der Waals surface area (Å²) in [6.45, 7) is -0.142. The third kappa shape index (κ3) is 5.52. The molecule has 1 aromatic carbocycles. The minimum Gasteiger partial charge on any atom is -0.544 e. The van der Waals surface area contributed by atoms with Crippen molar-refractivity contribution in [1.82, 2.24) is 0 Å². The quantitative estimate of drug-likeness (QED) is 0.357. The number of esters is 2. The highest BCUT2D eigenvalue weighted by atomic mass is 19.3. The molecule has 1 unspecified atom stereocenters. The lowest BCUT2D eigenvalue weighted by molar-refractivity contribution is -0.337. The minimum absolute atomic E-state index is 0.0728. The lowest BCUT2D eigenvalue weighted by atomic mass is 9.55. The number of carboxylic acids is 1. The Morgan fingerprint density at radius 3 is 1.95 bits per heavy atom. The first-order chi connectivity index (χ1) is 17.7. The van der Waals surface area contributed by atoms with Crippen molar-refractivity contribution in [2.45, 2.75) is 82.3 Å². The summed E-state index contributed by atoms with van der Waals surface area (Å²) in [5.74, 6) is -6.62. The fourth-order valence-electron chi connectivity index (χ4n) is 7.34. The Bertz CT molecular complexity index is 974. The van der Waals surface area contributed by atoms with Crippen LogP contribution in [-0.2, 0) is 19.0 Å². The number of ether oxygens (including phenoxy) is 3. The number of carbonyl (C=O) groups excluding carboxylic acids is 3. The van der Waals surface area contributed by atoms with Crippen molar-refractivity contribution in [3.8, 4) is 0 Å². The topological polar surface area (TPSA) is 102 Å². The molecule has 9 heteroatoms. The van der Waals surface area contributed by atoms with Gasteiger partial charge in [-0.15, -0.1) is 0 Å². The summed E-state index contributed by atoms with van der Waals surface area (Å²) in [6.07, 6.45) is 7.01. The summed E-state index contributed by atoms with van der Waals surface area (Å²) >= 11 is 0. The van der Waals surface area contributed by atoms with E-state index in [0.717, 1.165) is 18.3 Å². The van der Waals surface area contributed by atoms with Crippen LogP contribution in [0.3, 0.4) is 0 Å². The van der Waals surface area contributed by atoms with Gasteiger partial charge in [0.15, 0.2) is 12.9 Å². The van der Waals surface area contributed by atoms with Crippen LogP contribution in [0.25, 0.3) is 0 Å². The molecule has 6 rings (SSSR count). The van der Waals surface area contributed by atoms with Crippen LogP contribution in [0.1, 0.15) is 84.9 Å². The summed E-state index contributed by atoms with van der Waals surface area (Å²) < 4.78 is 45.1. The van der Waals surface area contributed by atoms with E-state index in [2.05, 4.69) is 0 Å². The number of benzene rings is 1. The van der Waals surface area contributed by atoms with Crippen molar-refractivity contribution >= 4 is 17.9 Å². The van der Waals surface area contributed by atoms with Crippen molar-refractivity contribution in [2.75, 3.05) is 6.79 Å². The van der Waals surface area contributed by atoms with E-state index in [9.17, 15) is 28.3 Å². The van der Waals surface area contributed by atoms with E-state index in [1.54, 1.807) is 0 Å². The molecule has 5 fully saturated rings. The van der Waals surface area contributed by atoms with Gasteiger partial charge in [-0.25, -0.2) is 9.59 Å². The Labute approximate surface area is 214 Å². The summed E-state index contributed by atoms with van der Waals surface area (Å²) in [5.41, 5.74) is 0.102. The Morgan fingerprint density at radius 1 is 0.865 bits per heavy atom. The molecule has 5 aliphatic carbocycles. The standard InChI is InChI=1S/C28H34F2O7/c29-28(30,27(33)34)24(18-4-2-1-3-5-18)37-26(32)20-8-6-19(7-9-20)25(31)36-15-35-23-21-11-16-10-17(13-21)14-22(23)12-16/h6-9,16-18,21-24H,1-5,10-15H2,(H,33,34)/p-1. The number of rotatable bonds is 9. The van der Waals surface area contributed by atoms with Crippen LogP contribution in [-0.4, -0.2) is 42.8 Å². The van der Waals surface area contributed by atoms with Crippen LogP contribution in [0.2, 0.25) is 0 Å². The van der Waals surface area contributed by atoms with Gasteiger partial charge < -0.3 is 24.1 Å². The van der Waals surface area contributed by atoms with Gasteiger partial charge in [0.2, 0.25) is 0 Å². The lowest BCUT2D eigenvalue weighted by Crippen LogP contribution is -2.54. The summed E-state index contributed by atoms with van der Waals surface area (Å²) in [6, 6.07) is 5.22. The molecule has 7 nitrogen and oxygen atoms in total. The van der Waals surface area contributed by atoms with Gasteiger partial charge in [0.05, 0.1) is 17.2 Å². The molecular formula is C28H33F2O7-. The lowest BCUT2D eigenvalue weighted by Gasteiger charge is -2.53. The predicted octanol–water partition coefficient (Wildman–Crippen LogP) is 4.13. The maximum absolute atomic E-state index is 14.4. The number of carboxylic acid groups (broad SMARTS) is 1. The first kappa shape index (κ1) is 26.1. The van der Waals surface area contributed by atoms with E-state index in [-0.39, 0.29) is 24.0 Å². The number of halogens is 2. The normalized spacial score (nSPS) is 30.1. The summed E-state index contributed by atoms with van der Waals surface area (Å²) in [5, 5.41) is 11.1. The molecule has 0 saturated heterocycles. The average molecular weight is 520 g/mol. The first-order valence-electron chi connectivity index (χ1n) is 13.4. The monoisotopic (exact) mass is 519 g/mol. The summed E-state index contributed by atoms with van der Waals surface area (Å²) in [7, 11) is 0. The van der Waals surface area contributed by atoms with Crippen molar-refractivity contribution < 1.29 is 42.5 Å². The molecule has 0 radical (unpaired) electrons. The largest absolute Gasteiger partial charge is 0.544 e. The second-order valence-corrected chi connectivity index (χ2v) is 11.3. The van der Waals surface area contributed by atoms with E-state index in [1.165, 1.54) is 56.4 Å². The van der Waals surface area contributed by atoms with Crippen LogP contribution in [0.5, 0.6) is 0 Å². The van der Waals surface area contributed by atoms with Crippen LogP contribution in [0.4, 0.5) is 8.78 Å². The van der Waals surface area contributed by atoms with E-state index in [1.807, 2.05) is 0 Å². The molecule has 1 atom stereocenters. The molecule has 202 valence electrons. The highest BCUT2D eigenvalue weighted by Gasteiger charge is 2.50. The maximum Gasteiger partial charge on any atom is 0.340 e. The Morgan fingerprint density at radius 2 is 1.41 bits per heavy atom. The molecule has 37 heavy (non-hydrogen) atoms. The third-order valence-electron chi connectivity index (χ3n) is 8.89. The van der Waals surface area contributed by atoms with Gasteiger partial charge >= 0.3 is 17.9 Å². The Kier molecular flexibility index (Phi) is 7.52. The van der Waals surface area contributed by atoms with Crippen LogP contribution in [0, 0.1) is 29.6 Å². The van der Waals surface area contributed by atoms with Gasteiger partial charge in [0.1, 0.15) is 5.97 Å². The van der Waals surface area contributed by atoms with E-state index >= 15 is 0 Å². The average Bonchev–Trinajstić information content (AvgIpc) is 2.88. The van der Waals surface area contributed by atoms with Gasteiger partial charge in [-0.1, -0.05) is 19.3 Å². The molecule has 4 bridgehead atoms. The van der Waals surface area contributed by atoms with Gasteiger partial charge in [0, 0.05) is 5.92 Å². The SMILES string of the molecule is O=C(OCOC1C2CC3CC(C2)CC1C3)c1ccc(C(=O)OC(C2CCCCC2)C(F)(F)C(=O)[O-])cc1. The molecule has 1 aromatic rings. The fourth-order valence-corrected chi connectivity index (χ4v) is 7.34. The van der Waals surface area contributed by atoms with Gasteiger partial charge in [-0.2, -0.15) is 8.78 Å². The zero-order chi connectivity index (χ0) is 26.2. The van der Waals surface area contributed by atoms with E-state index in [4.69, 9.17) is 14.2 Å². The number of aliphatic carboxylic acids is 1. The maximum atomic E-state index is 14.4. The Hall–Kier alpha value is -2.55. The van der Waals surface area contributed by atoms with Crippen LogP contribution in [0.15, 0.2) is 24.3 Å². The molecule has 0 aliphatic heterocycles. The first-order valence-corrected chi connectivity index (χ1v) is 13.4.